The third-order valence-corrected chi connectivity index (χ3v) is 5.73. The van der Waals surface area contributed by atoms with Gasteiger partial charge in [-0.15, -0.1) is 0 Å². The number of aromatic nitrogens is 1. The number of imide groups is 1. The second-order valence-corrected chi connectivity index (χ2v) is 7.87. The van der Waals surface area contributed by atoms with Gasteiger partial charge in [-0.05, 0) is 30.4 Å². The molecule has 0 aromatic carbocycles. The van der Waals surface area contributed by atoms with Crippen LogP contribution in [0.1, 0.15) is 44.5 Å². The summed E-state index contributed by atoms with van der Waals surface area (Å²) in [5.41, 5.74) is 0.509. The Labute approximate surface area is 159 Å². The highest BCUT2D eigenvalue weighted by Crippen LogP contribution is 2.50. The van der Waals surface area contributed by atoms with Crippen LogP contribution < -0.4 is 5.32 Å². The molecule has 0 saturated carbocycles. The Bertz CT molecular complexity index is 761. The van der Waals surface area contributed by atoms with E-state index in [1.54, 1.807) is 6.20 Å². The molecule has 146 valence electrons. The van der Waals surface area contributed by atoms with Gasteiger partial charge in [0.25, 0.3) is 0 Å². The Morgan fingerprint density at radius 1 is 1.33 bits per heavy atom. The van der Waals surface area contributed by atoms with Gasteiger partial charge in [0.1, 0.15) is 5.54 Å². The van der Waals surface area contributed by atoms with E-state index in [2.05, 4.69) is 10.3 Å². The summed E-state index contributed by atoms with van der Waals surface area (Å²) >= 11 is 0. The maximum Gasteiger partial charge on any atom is 0.326 e. The Morgan fingerprint density at radius 2 is 2.04 bits per heavy atom. The number of esters is 1. The molecule has 7 nitrogen and oxygen atoms in total. The number of ether oxygens (including phenoxy) is 1. The molecule has 7 heteroatoms. The summed E-state index contributed by atoms with van der Waals surface area (Å²) < 4.78 is 5.08. The number of nitrogens with one attached hydrogen (secondary N) is 1. The molecule has 3 heterocycles. The van der Waals surface area contributed by atoms with E-state index < -0.39 is 29.4 Å². The van der Waals surface area contributed by atoms with E-state index in [1.807, 2.05) is 32.9 Å². The number of hydrogen-bond donors (Lipinski definition) is 1. The van der Waals surface area contributed by atoms with Gasteiger partial charge in [-0.2, -0.15) is 0 Å². The van der Waals surface area contributed by atoms with E-state index in [0.717, 1.165) is 16.9 Å². The SMILES string of the molecule is CCc1ccc([C@H]2N[C@@](CC(C)C)(C(=O)OC)[C@H]3C(=O)N(C)C(=O)[C@@H]23)nc1. The number of amides is 2. The van der Waals surface area contributed by atoms with Gasteiger partial charge < -0.3 is 4.74 Å². The fourth-order valence-corrected chi connectivity index (χ4v) is 4.51. The van der Waals surface area contributed by atoms with Crippen molar-refractivity contribution >= 4 is 17.8 Å². The normalized spacial score (nSPS) is 30.1. The van der Waals surface area contributed by atoms with Crippen molar-refractivity contribution < 1.29 is 19.1 Å². The van der Waals surface area contributed by atoms with E-state index in [-0.39, 0.29) is 17.7 Å². The zero-order valence-corrected chi connectivity index (χ0v) is 16.5. The lowest BCUT2D eigenvalue weighted by Gasteiger charge is -2.33. The van der Waals surface area contributed by atoms with Crippen LogP contribution in [0.2, 0.25) is 0 Å². The average Bonchev–Trinajstić information content (AvgIpc) is 3.11. The first-order valence-electron chi connectivity index (χ1n) is 9.39. The maximum atomic E-state index is 12.9. The predicted octanol–water partition coefficient (Wildman–Crippen LogP) is 1.48. The first-order valence-corrected chi connectivity index (χ1v) is 9.39. The summed E-state index contributed by atoms with van der Waals surface area (Å²) in [5, 5.41) is 3.32. The second-order valence-electron chi connectivity index (χ2n) is 7.87. The van der Waals surface area contributed by atoms with Crippen molar-refractivity contribution in [1.82, 2.24) is 15.2 Å². The highest BCUT2D eigenvalue weighted by molar-refractivity contribution is 6.09. The lowest BCUT2D eigenvalue weighted by atomic mass is 9.75. The molecule has 4 atom stereocenters. The number of nitrogens with zero attached hydrogens (tertiary/aromatic N) is 2. The van der Waals surface area contributed by atoms with Crippen molar-refractivity contribution in [3.63, 3.8) is 0 Å². The first-order chi connectivity index (χ1) is 12.8. The van der Waals surface area contributed by atoms with Crippen LogP contribution in [-0.4, -0.2) is 47.4 Å². The largest absolute Gasteiger partial charge is 0.468 e. The number of carbonyl (C=O) groups excluding carboxylic acids is 3. The average molecular weight is 373 g/mol. The zero-order chi connectivity index (χ0) is 19.9. The molecule has 27 heavy (non-hydrogen) atoms. The minimum Gasteiger partial charge on any atom is -0.468 e. The Morgan fingerprint density at radius 3 is 2.56 bits per heavy atom. The molecule has 2 aliphatic rings. The van der Waals surface area contributed by atoms with Crippen molar-refractivity contribution in [3.05, 3.63) is 29.6 Å². The lowest BCUT2D eigenvalue weighted by Crippen LogP contribution is -2.56. The van der Waals surface area contributed by atoms with Crippen LogP contribution in [0.25, 0.3) is 0 Å². The Balaban J connectivity index is 2.12. The molecule has 2 amide bonds. The van der Waals surface area contributed by atoms with Gasteiger partial charge in [0.05, 0.1) is 30.7 Å². The third kappa shape index (κ3) is 2.94. The molecule has 0 unspecified atom stereocenters. The summed E-state index contributed by atoms with van der Waals surface area (Å²) in [4.78, 5) is 44.3. The molecule has 0 spiro atoms. The molecule has 3 rings (SSSR count). The van der Waals surface area contributed by atoms with Gasteiger partial charge >= 0.3 is 5.97 Å². The fourth-order valence-electron chi connectivity index (χ4n) is 4.51. The highest BCUT2D eigenvalue weighted by atomic mass is 16.5. The number of aryl methyl sites for hydroxylation is 1. The van der Waals surface area contributed by atoms with Crippen LogP contribution in [0.3, 0.4) is 0 Å². The summed E-state index contributed by atoms with van der Waals surface area (Å²) in [5.74, 6) is -2.45. The van der Waals surface area contributed by atoms with E-state index in [0.29, 0.717) is 12.1 Å². The number of fused-ring (bicyclic) bond motifs is 1. The minimum absolute atomic E-state index is 0.125. The van der Waals surface area contributed by atoms with E-state index in [9.17, 15) is 14.4 Å². The molecule has 1 N–H and O–H groups in total. The monoisotopic (exact) mass is 373 g/mol. The van der Waals surface area contributed by atoms with Crippen molar-refractivity contribution in [2.24, 2.45) is 17.8 Å². The fraction of sp³-hybridized carbons (Fsp3) is 0.600. The van der Waals surface area contributed by atoms with Gasteiger partial charge in [-0.25, -0.2) is 0 Å². The van der Waals surface area contributed by atoms with Gasteiger partial charge in [0.15, 0.2) is 0 Å². The predicted molar refractivity (Wildman–Crippen MR) is 98.5 cm³/mol. The molecular formula is C20H27N3O4. The van der Waals surface area contributed by atoms with Crippen molar-refractivity contribution in [1.29, 1.82) is 0 Å². The van der Waals surface area contributed by atoms with Crippen molar-refractivity contribution in [2.45, 2.75) is 45.2 Å². The smallest absolute Gasteiger partial charge is 0.326 e. The van der Waals surface area contributed by atoms with Crippen LogP contribution in [0, 0.1) is 17.8 Å². The number of likely N-dealkylation sites (tertiary alicyclic amines) is 1. The first kappa shape index (κ1) is 19.5. The summed E-state index contributed by atoms with van der Waals surface area (Å²) in [7, 11) is 2.79. The van der Waals surface area contributed by atoms with Gasteiger partial charge in [0.2, 0.25) is 11.8 Å². The number of pyridine rings is 1. The maximum absolute atomic E-state index is 12.9. The van der Waals surface area contributed by atoms with E-state index >= 15 is 0 Å². The van der Waals surface area contributed by atoms with Crippen LogP contribution >= 0.6 is 0 Å². The molecule has 1 aromatic rings. The molecule has 2 aliphatic heterocycles. The Kier molecular flexibility index (Phi) is 5.08. The molecule has 0 radical (unpaired) electrons. The highest BCUT2D eigenvalue weighted by Gasteiger charge is 2.68. The number of rotatable bonds is 5. The zero-order valence-electron chi connectivity index (χ0n) is 16.5. The lowest BCUT2D eigenvalue weighted by molar-refractivity contribution is -0.154. The number of methoxy groups -OCH3 is 1. The number of carbonyl (C=O) groups is 3. The summed E-state index contributed by atoms with van der Waals surface area (Å²) in [6.07, 6.45) is 3.03. The van der Waals surface area contributed by atoms with Crippen LogP contribution in [0.15, 0.2) is 18.3 Å². The van der Waals surface area contributed by atoms with E-state index in [4.69, 9.17) is 4.74 Å². The van der Waals surface area contributed by atoms with Gasteiger partial charge in [0, 0.05) is 13.2 Å². The van der Waals surface area contributed by atoms with Crippen LogP contribution in [-0.2, 0) is 25.5 Å². The van der Waals surface area contributed by atoms with Crippen LogP contribution in [0.4, 0.5) is 0 Å². The second kappa shape index (κ2) is 7.03. The molecule has 1 aromatic heterocycles. The minimum atomic E-state index is -1.24. The molecule has 2 fully saturated rings. The van der Waals surface area contributed by atoms with Crippen molar-refractivity contribution in [3.8, 4) is 0 Å². The van der Waals surface area contributed by atoms with Gasteiger partial charge in [-0.1, -0.05) is 26.8 Å². The summed E-state index contributed by atoms with van der Waals surface area (Å²) in [6.45, 7) is 6.00. The molecule has 0 bridgehead atoms. The third-order valence-electron chi connectivity index (χ3n) is 5.73. The van der Waals surface area contributed by atoms with Crippen LogP contribution in [0.5, 0.6) is 0 Å². The topological polar surface area (TPSA) is 88.6 Å². The summed E-state index contributed by atoms with van der Waals surface area (Å²) in [6, 6.07) is 3.32. The molecular weight excluding hydrogens is 346 g/mol. The Hall–Kier alpha value is -2.28. The standard InChI is InChI=1S/C20H27N3O4/c1-6-12-7-8-13(21-10-12)16-14-15(18(25)23(4)17(14)24)20(22-16,9-11(2)3)19(26)27-5/h7-8,10-11,14-16,22H,6,9H2,1-5H3/t14-,15-,16-,20-/m1/s1. The van der Waals surface area contributed by atoms with Crippen molar-refractivity contribution in [2.75, 3.05) is 14.2 Å². The quantitative estimate of drug-likeness (QED) is 0.621. The molecule has 0 aliphatic carbocycles. The van der Waals surface area contributed by atoms with E-state index in [1.165, 1.54) is 14.2 Å². The molecule has 2 saturated heterocycles. The van der Waals surface area contributed by atoms with Gasteiger partial charge in [-0.3, -0.25) is 29.6 Å². The number of hydrogen-bond acceptors (Lipinski definition) is 6.